The van der Waals surface area contributed by atoms with Crippen LogP contribution in [-0.4, -0.2) is 33.0 Å². The Morgan fingerprint density at radius 3 is 2.00 bits per heavy atom. The van der Waals surface area contributed by atoms with Crippen molar-refractivity contribution >= 4 is 0 Å². The number of ether oxygens (including phenoxy) is 2. The molecule has 1 aromatic rings. The molecule has 0 unspecified atom stereocenters. The molecule has 3 rings (SSSR count). The van der Waals surface area contributed by atoms with Crippen LogP contribution in [0.2, 0.25) is 0 Å². The van der Waals surface area contributed by atoms with Gasteiger partial charge in [-0.1, -0.05) is 29.8 Å². The van der Waals surface area contributed by atoms with Gasteiger partial charge in [0.05, 0.1) is 31.8 Å². The molecule has 2 heterocycles. The average Bonchev–Trinajstić information content (AvgIpc) is 2.22. The van der Waals surface area contributed by atoms with Crippen LogP contribution in [0.5, 0.6) is 0 Å². The minimum Gasteiger partial charge on any atom is -0.380 e. The smallest absolute Gasteiger partial charge is 0.0593 e. The molecular formula is C14H19NO2. The fraction of sp³-hybridized carbons (Fsp3) is 0.571. The Morgan fingerprint density at radius 1 is 1.06 bits per heavy atom. The highest BCUT2D eigenvalue weighted by molar-refractivity contribution is 5.35. The molecule has 0 atom stereocenters. The van der Waals surface area contributed by atoms with Crippen LogP contribution in [0.25, 0.3) is 0 Å². The Bertz CT molecular complexity index is 399. The molecule has 2 N–H and O–H groups in total. The van der Waals surface area contributed by atoms with Crippen molar-refractivity contribution in [3.63, 3.8) is 0 Å². The molecule has 3 nitrogen and oxygen atoms in total. The minimum absolute atomic E-state index is 0.0771. The van der Waals surface area contributed by atoms with E-state index in [1.54, 1.807) is 0 Å². The molecule has 2 saturated heterocycles. The lowest BCUT2D eigenvalue weighted by Gasteiger charge is -2.59. The van der Waals surface area contributed by atoms with Crippen molar-refractivity contribution in [3.8, 4) is 0 Å². The first-order chi connectivity index (χ1) is 8.22. The summed E-state index contributed by atoms with van der Waals surface area (Å²) in [6.07, 6.45) is 0. The first-order valence-electron chi connectivity index (χ1n) is 6.15. The van der Waals surface area contributed by atoms with Crippen LogP contribution in [0.3, 0.4) is 0 Å². The van der Waals surface area contributed by atoms with Gasteiger partial charge < -0.3 is 15.2 Å². The van der Waals surface area contributed by atoms with Gasteiger partial charge in [-0.05, 0) is 12.5 Å². The first-order valence-corrected chi connectivity index (χ1v) is 6.15. The maximum absolute atomic E-state index is 6.00. The average molecular weight is 233 g/mol. The Kier molecular flexibility index (Phi) is 2.51. The largest absolute Gasteiger partial charge is 0.380 e. The zero-order valence-electron chi connectivity index (χ0n) is 10.2. The van der Waals surface area contributed by atoms with E-state index in [0.29, 0.717) is 6.54 Å². The SMILES string of the molecule is Cc1ccc(C2(C3(CN)COC3)COC2)cc1. The van der Waals surface area contributed by atoms with Gasteiger partial charge >= 0.3 is 0 Å². The summed E-state index contributed by atoms with van der Waals surface area (Å²) < 4.78 is 10.9. The zero-order chi connectivity index (χ0) is 11.9. The van der Waals surface area contributed by atoms with E-state index in [2.05, 4.69) is 31.2 Å². The summed E-state index contributed by atoms with van der Waals surface area (Å²) in [5.41, 5.74) is 8.79. The predicted molar refractivity (Wildman–Crippen MR) is 66.0 cm³/mol. The topological polar surface area (TPSA) is 44.5 Å². The van der Waals surface area contributed by atoms with Crippen LogP contribution in [0.15, 0.2) is 24.3 Å². The minimum atomic E-state index is 0.0771. The monoisotopic (exact) mass is 233 g/mol. The van der Waals surface area contributed by atoms with Crippen LogP contribution in [0.4, 0.5) is 0 Å². The highest BCUT2D eigenvalue weighted by Gasteiger charge is 2.60. The molecule has 0 bridgehead atoms. The van der Waals surface area contributed by atoms with E-state index >= 15 is 0 Å². The second kappa shape index (κ2) is 3.80. The van der Waals surface area contributed by atoms with E-state index in [-0.39, 0.29) is 10.8 Å². The predicted octanol–water partition coefficient (Wildman–Crippen LogP) is 1.24. The summed E-state index contributed by atoms with van der Waals surface area (Å²) in [7, 11) is 0. The van der Waals surface area contributed by atoms with E-state index in [1.165, 1.54) is 11.1 Å². The third-order valence-electron chi connectivity index (χ3n) is 4.46. The van der Waals surface area contributed by atoms with E-state index in [4.69, 9.17) is 15.2 Å². The van der Waals surface area contributed by atoms with Gasteiger partial charge in [-0.2, -0.15) is 0 Å². The molecule has 0 aliphatic carbocycles. The molecule has 2 fully saturated rings. The van der Waals surface area contributed by atoms with E-state index in [9.17, 15) is 0 Å². The zero-order valence-corrected chi connectivity index (χ0v) is 10.2. The molecule has 1 aromatic carbocycles. The Hall–Kier alpha value is -0.900. The number of hydrogen-bond donors (Lipinski definition) is 1. The fourth-order valence-electron chi connectivity index (χ4n) is 2.90. The summed E-state index contributed by atoms with van der Waals surface area (Å²) in [6.45, 7) is 5.86. The number of rotatable bonds is 3. The van der Waals surface area contributed by atoms with Crippen molar-refractivity contribution in [2.75, 3.05) is 33.0 Å². The number of hydrogen-bond acceptors (Lipinski definition) is 3. The lowest BCUT2D eigenvalue weighted by atomic mass is 9.57. The third-order valence-corrected chi connectivity index (χ3v) is 4.46. The molecule has 92 valence electrons. The number of benzene rings is 1. The van der Waals surface area contributed by atoms with Crippen molar-refractivity contribution in [2.24, 2.45) is 11.1 Å². The first kappa shape index (κ1) is 11.2. The summed E-state index contributed by atoms with van der Waals surface area (Å²) in [5, 5.41) is 0. The van der Waals surface area contributed by atoms with Gasteiger partial charge in [0.15, 0.2) is 0 Å². The van der Waals surface area contributed by atoms with Gasteiger partial charge in [0.25, 0.3) is 0 Å². The summed E-state index contributed by atoms with van der Waals surface area (Å²) in [4.78, 5) is 0. The van der Waals surface area contributed by atoms with Crippen molar-refractivity contribution in [3.05, 3.63) is 35.4 Å². The normalized spacial score (nSPS) is 24.8. The molecule has 0 radical (unpaired) electrons. The van der Waals surface area contributed by atoms with Crippen LogP contribution in [0, 0.1) is 12.3 Å². The molecule has 3 heteroatoms. The third kappa shape index (κ3) is 1.39. The van der Waals surface area contributed by atoms with Gasteiger partial charge in [0.2, 0.25) is 0 Å². The second-order valence-electron chi connectivity index (χ2n) is 5.42. The number of nitrogens with two attached hydrogens (primary N) is 1. The molecule has 2 aliphatic rings. The van der Waals surface area contributed by atoms with E-state index in [0.717, 1.165) is 26.4 Å². The summed E-state index contributed by atoms with van der Waals surface area (Å²) in [5.74, 6) is 0. The Labute approximate surface area is 102 Å². The standard InChI is InChI=1S/C14H19NO2/c1-11-2-4-12(5-3-11)14(9-17-10-14)13(6-15)7-16-8-13/h2-5H,6-10,15H2,1H3. The highest BCUT2D eigenvalue weighted by atomic mass is 16.5. The van der Waals surface area contributed by atoms with Crippen LogP contribution < -0.4 is 5.73 Å². The lowest BCUT2D eigenvalue weighted by molar-refractivity contribution is -0.223. The van der Waals surface area contributed by atoms with Gasteiger partial charge in [-0.25, -0.2) is 0 Å². The molecule has 0 aromatic heterocycles. The van der Waals surface area contributed by atoms with Crippen LogP contribution in [0.1, 0.15) is 11.1 Å². The van der Waals surface area contributed by atoms with Crippen molar-refractivity contribution in [1.29, 1.82) is 0 Å². The van der Waals surface area contributed by atoms with Gasteiger partial charge in [0.1, 0.15) is 0 Å². The maximum atomic E-state index is 6.00. The summed E-state index contributed by atoms with van der Waals surface area (Å²) in [6, 6.07) is 8.76. The quantitative estimate of drug-likeness (QED) is 0.854. The molecule has 0 saturated carbocycles. The molecule has 0 spiro atoms. The van der Waals surface area contributed by atoms with Gasteiger partial charge in [-0.15, -0.1) is 0 Å². The second-order valence-corrected chi connectivity index (χ2v) is 5.42. The Morgan fingerprint density at radius 2 is 1.65 bits per heavy atom. The van der Waals surface area contributed by atoms with Gasteiger partial charge in [0, 0.05) is 12.0 Å². The van der Waals surface area contributed by atoms with Crippen molar-refractivity contribution in [1.82, 2.24) is 0 Å². The van der Waals surface area contributed by atoms with Crippen LogP contribution >= 0.6 is 0 Å². The lowest BCUT2D eigenvalue weighted by Crippen LogP contribution is -2.69. The molecule has 2 aliphatic heterocycles. The maximum Gasteiger partial charge on any atom is 0.0593 e. The van der Waals surface area contributed by atoms with Crippen molar-refractivity contribution < 1.29 is 9.47 Å². The molecule has 17 heavy (non-hydrogen) atoms. The summed E-state index contributed by atoms with van der Waals surface area (Å²) >= 11 is 0. The van der Waals surface area contributed by atoms with E-state index < -0.39 is 0 Å². The van der Waals surface area contributed by atoms with Gasteiger partial charge in [-0.3, -0.25) is 0 Å². The highest BCUT2D eigenvalue weighted by Crippen LogP contribution is 2.51. The number of aryl methyl sites for hydroxylation is 1. The fourth-order valence-corrected chi connectivity index (χ4v) is 2.90. The van der Waals surface area contributed by atoms with Crippen molar-refractivity contribution in [2.45, 2.75) is 12.3 Å². The Balaban J connectivity index is 1.99. The molecular weight excluding hydrogens is 214 g/mol. The van der Waals surface area contributed by atoms with Crippen LogP contribution in [-0.2, 0) is 14.9 Å². The molecule has 0 amide bonds. The van der Waals surface area contributed by atoms with E-state index in [1.807, 2.05) is 0 Å².